The second-order valence-corrected chi connectivity index (χ2v) is 7.37. The Morgan fingerprint density at radius 3 is 2.32 bits per heavy atom. The smallest absolute Gasteiger partial charge is 0.257 e. The lowest BCUT2D eigenvalue weighted by molar-refractivity contribution is -0.142. The predicted octanol–water partition coefficient (Wildman–Crippen LogP) is 3.46. The summed E-state index contributed by atoms with van der Waals surface area (Å²) in [6, 6.07) is 13.5. The van der Waals surface area contributed by atoms with E-state index in [-0.39, 0.29) is 30.2 Å². The molecule has 5 nitrogen and oxygen atoms in total. The van der Waals surface area contributed by atoms with Crippen molar-refractivity contribution in [2.75, 3.05) is 4.90 Å². The monoisotopic (exact) mass is 380 g/mol. The van der Waals surface area contributed by atoms with Crippen molar-refractivity contribution in [3.05, 3.63) is 66.0 Å². The average Bonchev–Trinajstić information content (AvgIpc) is 3.50. The van der Waals surface area contributed by atoms with Gasteiger partial charge >= 0.3 is 0 Å². The van der Waals surface area contributed by atoms with Crippen molar-refractivity contribution < 1.29 is 18.8 Å². The maximum Gasteiger partial charge on any atom is 0.257 e. The number of anilines is 1. The molecule has 1 heterocycles. The van der Waals surface area contributed by atoms with Crippen LogP contribution in [-0.4, -0.2) is 28.7 Å². The van der Waals surface area contributed by atoms with E-state index in [1.807, 2.05) is 37.3 Å². The van der Waals surface area contributed by atoms with E-state index in [0.717, 1.165) is 23.3 Å². The molecule has 2 unspecified atom stereocenters. The Balaban J connectivity index is 1.66. The highest BCUT2D eigenvalue weighted by molar-refractivity contribution is 6.23. The lowest BCUT2D eigenvalue weighted by atomic mass is 10.0. The zero-order chi connectivity index (χ0) is 19.8. The van der Waals surface area contributed by atoms with Crippen LogP contribution in [0.2, 0.25) is 0 Å². The molecule has 0 bridgehead atoms. The van der Waals surface area contributed by atoms with Gasteiger partial charge in [-0.15, -0.1) is 0 Å². The van der Waals surface area contributed by atoms with E-state index < -0.39 is 17.8 Å². The standard InChI is InChI=1S/C22H21FN2O3/c1-14(15-5-3-2-4-6-15)24(21(27)16-7-8-16)19-13-20(26)25(22(19)28)18-11-9-17(23)10-12-18/h2-6,9-12,14,16,19H,7-8,13H2,1H3. The number of carbonyl (C=O) groups is 3. The molecular formula is C22H21FN2O3. The molecule has 0 N–H and O–H groups in total. The summed E-state index contributed by atoms with van der Waals surface area (Å²) in [5, 5.41) is 0. The minimum Gasteiger partial charge on any atom is -0.323 e. The van der Waals surface area contributed by atoms with E-state index >= 15 is 0 Å². The molecule has 28 heavy (non-hydrogen) atoms. The van der Waals surface area contributed by atoms with Gasteiger partial charge in [-0.2, -0.15) is 0 Å². The summed E-state index contributed by atoms with van der Waals surface area (Å²) in [7, 11) is 0. The van der Waals surface area contributed by atoms with E-state index in [4.69, 9.17) is 0 Å². The van der Waals surface area contributed by atoms with Crippen molar-refractivity contribution >= 4 is 23.4 Å². The van der Waals surface area contributed by atoms with Crippen LogP contribution in [0.4, 0.5) is 10.1 Å². The van der Waals surface area contributed by atoms with Crippen molar-refractivity contribution in [1.82, 2.24) is 4.90 Å². The first-order chi connectivity index (χ1) is 13.5. The predicted molar refractivity (Wildman–Crippen MR) is 102 cm³/mol. The first kappa shape index (κ1) is 18.3. The molecule has 2 fully saturated rings. The first-order valence-corrected chi connectivity index (χ1v) is 9.47. The Morgan fingerprint density at radius 1 is 1.07 bits per heavy atom. The number of nitrogens with zero attached hydrogens (tertiary/aromatic N) is 2. The zero-order valence-electron chi connectivity index (χ0n) is 15.5. The summed E-state index contributed by atoms with van der Waals surface area (Å²) in [6.45, 7) is 1.88. The highest BCUT2D eigenvalue weighted by atomic mass is 19.1. The fourth-order valence-corrected chi connectivity index (χ4v) is 3.74. The molecule has 1 aliphatic heterocycles. The summed E-state index contributed by atoms with van der Waals surface area (Å²) in [5.74, 6) is -1.41. The normalized spacial score (nSPS) is 20.4. The largest absolute Gasteiger partial charge is 0.323 e. The van der Waals surface area contributed by atoms with Crippen molar-refractivity contribution in [2.24, 2.45) is 5.92 Å². The number of rotatable bonds is 5. The molecule has 0 spiro atoms. The van der Waals surface area contributed by atoms with Crippen LogP contribution in [0.5, 0.6) is 0 Å². The third-order valence-corrected chi connectivity index (χ3v) is 5.42. The molecule has 2 atom stereocenters. The number of hydrogen-bond donors (Lipinski definition) is 0. The van der Waals surface area contributed by atoms with Crippen molar-refractivity contribution in [2.45, 2.75) is 38.3 Å². The molecule has 0 aromatic heterocycles. The van der Waals surface area contributed by atoms with Crippen molar-refractivity contribution in [1.29, 1.82) is 0 Å². The Morgan fingerprint density at radius 2 is 1.71 bits per heavy atom. The second-order valence-electron chi connectivity index (χ2n) is 7.37. The Labute approximate surface area is 162 Å². The highest BCUT2D eigenvalue weighted by Crippen LogP contribution is 2.38. The van der Waals surface area contributed by atoms with E-state index in [2.05, 4.69) is 0 Å². The average molecular weight is 380 g/mol. The molecule has 2 aliphatic rings. The van der Waals surface area contributed by atoms with Crippen LogP contribution in [0, 0.1) is 11.7 Å². The topological polar surface area (TPSA) is 57.7 Å². The molecule has 0 radical (unpaired) electrons. The Hall–Kier alpha value is -3.02. The lowest BCUT2D eigenvalue weighted by Crippen LogP contribution is -2.47. The lowest BCUT2D eigenvalue weighted by Gasteiger charge is -2.33. The van der Waals surface area contributed by atoms with Crippen LogP contribution in [0.15, 0.2) is 54.6 Å². The Kier molecular flexibility index (Phi) is 4.71. The number of carbonyl (C=O) groups excluding carboxylic acids is 3. The number of benzene rings is 2. The van der Waals surface area contributed by atoms with Crippen LogP contribution in [-0.2, 0) is 14.4 Å². The third-order valence-electron chi connectivity index (χ3n) is 5.42. The molecule has 3 amide bonds. The van der Waals surface area contributed by atoms with E-state index in [0.29, 0.717) is 5.69 Å². The first-order valence-electron chi connectivity index (χ1n) is 9.47. The quantitative estimate of drug-likeness (QED) is 0.747. The van der Waals surface area contributed by atoms with Gasteiger partial charge in [-0.25, -0.2) is 9.29 Å². The van der Waals surface area contributed by atoms with Gasteiger partial charge in [0.15, 0.2) is 0 Å². The molecule has 1 aliphatic carbocycles. The minimum atomic E-state index is -0.846. The van der Waals surface area contributed by atoms with Gasteiger partial charge in [0.2, 0.25) is 11.8 Å². The van der Waals surface area contributed by atoms with Gasteiger partial charge in [0.1, 0.15) is 11.9 Å². The molecule has 1 saturated carbocycles. The zero-order valence-corrected chi connectivity index (χ0v) is 15.5. The van der Waals surface area contributed by atoms with E-state index in [1.165, 1.54) is 24.3 Å². The summed E-state index contributed by atoms with van der Waals surface area (Å²) in [5.41, 5.74) is 1.24. The molecule has 144 valence electrons. The van der Waals surface area contributed by atoms with Gasteiger partial charge in [-0.3, -0.25) is 14.4 Å². The molecular weight excluding hydrogens is 359 g/mol. The minimum absolute atomic E-state index is 0.0636. The Bertz CT molecular complexity index is 909. The summed E-state index contributed by atoms with van der Waals surface area (Å²) in [4.78, 5) is 41.5. The van der Waals surface area contributed by atoms with Crippen LogP contribution >= 0.6 is 0 Å². The molecule has 1 saturated heterocycles. The highest BCUT2D eigenvalue weighted by Gasteiger charge is 2.48. The SMILES string of the molecule is CC(c1ccccc1)N(C(=O)C1CC1)C1CC(=O)N(c2ccc(F)cc2)C1=O. The van der Waals surface area contributed by atoms with Crippen LogP contribution in [0.3, 0.4) is 0 Å². The summed E-state index contributed by atoms with van der Waals surface area (Å²) < 4.78 is 13.2. The molecule has 2 aromatic rings. The van der Waals surface area contributed by atoms with Crippen molar-refractivity contribution in [3.63, 3.8) is 0 Å². The van der Waals surface area contributed by atoms with Gasteiger partial charge in [-0.05, 0) is 49.6 Å². The summed E-state index contributed by atoms with van der Waals surface area (Å²) >= 11 is 0. The number of hydrogen-bond acceptors (Lipinski definition) is 3. The maximum atomic E-state index is 13.2. The van der Waals surface area contributed by atoms with Crippen molar-refractivity contribution in [3.8, 4) is 0 Å². The van der Waals surface area contributed by atoms with Gasteiger partial charge in [-0.1, -0.05) is 30.3 Å². The van der Waals surface area contributed by atoms with Crippen LogP contribution in [0.25, 0.3) is 0 Å². The molecule has 6 heteroatoms. The van der Waals surface area contributed by atoms with Crippen LogP contribution < -0.4 is 4.90 Å². The molecule has 2 aromatic carbocycles. The van der Waals surface area contributed by atoms with Gasteiger partial charge in [0.25, 0.3) is 5.91 Å². The van der Waals surface area contributed by atoms with Gasteiger partial charge in [0.05, 0.1) is 18.2 Å². The number of amides is 3. The summed E-state index contributed by atoms with van der Waals surface area (Å²) in [6.07, 6.45) is 1.56. The number of imide groups is 1. The fraction of sp³-hybridized carbons (Fsp3) is 0.318. The van der Waals surface area contributed by atoms with E-state index in [9.17, 15) is 18.8 Å². The number of halogens is 1. The fourth-order valence-electron chi connectivity index (χ4n) is 3.74. The maximum absolute atomic E-state index is 13.2. The molecule has 4 rings (SSSR count). The second kappa shape index (κ2) is 7.19. The van der Waals surface area contributed by atoms with Crippen LogP contribution in [0.1, 0.15) is 37.8 Å². The van der Waals surface area contributed by atoms with Gasteiger partial charge < -0.3 is 4.90 Å². The third kappa shape index (κ3) is 3.30. The van der Waals surface area contributed by atoms with Gasteiger partial charge in [0, 0.05) is 5.92 Å². The van der Waals surface area contributed by atoms with E-state index in [1.54, 1.807) is 4.90 Å².